The van der Waals surface area contributed by atoms with E-state index in [0.717, 1.165) is 25.7 Å². The summed E-state index contributed by atoms with van der Waals surface area (Å²) in [6.07, 6.45) is 3.67. The zero-order chi connectivity index (χ0) is 30.2. The number of amides is 2. The Morgan fingerprint density at radius 1 is 0.952 bits per heavy atom. The van der Waals surface area contributed by atoms with E-state index < -0.39 is 38.9 Å². The lowest BCUT2D eigenvalue weighted by atomic mass is 9.82. The van der Waals surface area contributed by atoms with Gasteiger partial charge < -0.3 is 19.8 Å². The van der Waals surface area contributed by atoms with Crippen LogP contribution in [0.15, 0.2) is 59.0 Å². The van der Waals surface area contributed by atoms with E-state index in [1.54, 1.807) is 23.1 Å². The highest BCUT2D eigenvalue weighted by Gasteiger charge is 2.66. The van der Waals surface area contributed by atoms with Crippen molar-refractivity contribution in [2.45, 2.75) is 49.5 Å². The van der Waals surface area contributed by atoms with Crippen molar-refractivity contribution in [1.82, 2.24) is 14.1 Å². The first kappa shape index (κ1) is 29.9. The van der Waals surface area contributed by atoms with Crippen molar-refractivity contribution in [3.63, 3.8) is 0 Å². The van der Waals surface area contributed by atoms with Gasteiger partial charge in [0.15, 0.2) is 5.54 Å². The molecule has 2 amide bonds. The van der Waals surface area contributed by atoms with E-state index in [-0.39, 0.29) is 22.6 Å². The maximum atomic E-state index is 14.5. The second kappa shape index (κ2) is 11.6. The Bertz CT molecular complexity index is 1530. The zero-order valence-electron chi connectivity index (χ0n) is 24.4. The van der Waals surface area contributed by atoms with Crippen LogP contribution in [0, 0.1) is 0 Å². The number of unbranched alkanes of at least 4 members (excludes halogenated alkanes) is 1. The summed E-state index contributed by atoms with van der Waals surface area (Å²) in [5.74, 6) is -2.74. The van der Waals surface area contributed by atoms with Gasteiger partial charge in [-0.25, -0.2) is 8.42 Å². The Morgan fingerprint density at radius 3 is 2.26 bits per heavy atom. The van der Waals surface area contributed by atoms with Gasteiger partial charge in [-0.3, -0.25) is 14.4 Å². The summed E-state index contributed by atoms with van der Waals surface area (Å²) in [6.45, 7) is 4.09. The number of hydrogen-bond donors (Lipinski definition) is 1. The van der Waals surface area contributed by atoms with Crippen molar-refractivity contribution < 1.29 is 27.9 Å². The monoisotopic (exact) mass is 594 g/mol. The van der Waals surface area contributed by atoms with Gasteiger partial charge in [0.1, 0.15) is 5.76 Å². The number of fused-ring (bicyclic) bond motifs is 2. The number of carbonyl (C=O) groups is 3. The first-order valence-electron chi connectivity index (χ1n) is 14.5. The molecule has 0 bridgehead atoms. The molecule has 11 heteroatoms. The lowest BCUT2D eigenvalue weighted by Crippen LogP contribution is -2.52. The second-order valence-electron chi connectivity index (χ2n) is 11.3. The third-order valence-electron chi connectivity index (χ3n) is 8.36. The smallest absolute Gasteiger partial charge is 0.296 e. The molecule has 42 heavy (non-hydrogen) atoms. The summed E-state index contributed by atoms with van der Waals surface area (Å²) in [4.78, 5) is 46.9. The summed E-state index contributed by atoms with van der Waals surface area (Å²) in [5.41, 5.74) is -0.879. The Labute approximate surface area is 247 Å². The number of aliphatic hydroxyl groups is 1. The van der Waals surface area contributed by atoms with Gasteiger partial charge in [-0.2, -0.15) is 4.31 Å². The molecule has 0 radical (unpaired) electrons. The van der Waals surface area contributed by atoms with Gasteiger partial charge in [0, 0.05) is 37.3 Å². The van der Waals surface area contributed by atoms with Crippen LogP contribution in [-0.2, 0) is 29.9 Å². The maximum Gasteiger partial charge on any atom is 0.296 e. The third kappa shape index (κ3) is 4.73. The normalized spacial score (nSPS) is 22.2. The van der Waals surface area contributed by atoms with Crippen molar-refractivity contribution in [1.29, 1.82) is 0 Å². The number of aliphatic hydroxyl groups excluding tert-OH is 1. The Balaban J connectivity index is 1.66. The molecule has 10 nitrogen and oxygen atoms in total. The minimum Gasteiger partial charge on any atom is -0.507 e. The number of Topliss-reactive ketones (excluding diaryl/α,β-unsaturated/α-hetero) is 1. The molecule has 0 aromatic heterocycles. The molecule has 1 atom stereocenters. The number of ketones is 1. The Hall–Kier alpha value is -3.54. The molecule has 0 saturated carbocycles. The average Bonchev–Trinajstić information content (AvgIpc) is 3.66. The number of para-hydroxylation sites is 1. The molecule has 2 fully saturated rings. The molecule has 3 heterocycles. The number of nitrogens with zero attached hydrogens (tertiary/aromatic N) is 4. The number of likely N-dealkylation sites (tertiary alicyclic amines) is 1. The number of anilines is 1. The molecule has 0 aliphatic carbocycles. The van der Waals surface area contributed by atoms with E-state index in [4.69, 9.17) is 0 Å². The van der Waals surface area contributed by atoms with E-state index in [1.807, 2.05) is 32.0 Å². The van der Waals surface area contributed by atoms with Crippen molar-refractivity contribution in [3.05, 3.63) is 65.2 Å². The minimum absolute atomic E-state index is 0.0767. The highest BCUT2D eigenvalue weighted by molar-refractivity contribution is 7.89. The van der Waals surface area contributed by atoms with Gasteiger partial charge in [0.05, 0.1) is 16.2 Å². The highest BCUT2D eigenvalue weighted by atomic mass is 32.2. The summed E-state index contributed by atoms with van der Waals surface area (Å²) >= 11 is 0. The molecule has 1 N–H and O–H groups in total. The Kier molecular flexibility index (Phi) is 8.28. The van der Waals surface area contributed by atoms with Gasteiger partial charge >= 0.3 is 0 Å². The first-order valence-corrected chi connectivity index (χ1v) is 16.0. The second-order valence-corrected chi connectivity index (χ2v) is 13.3. The van der Waals surface area contributed by atoms with Crippen LogP contribution in [0.1, 0.15) is 50.2 Å². The summed E-state index contributed by atoms with van der Waals surface area (Å²) in [6, 6.07) is 12.7. The molecule has 2 aromatic carbocycles. The van der Waals surface area contributed by atoms with Crippen LogP contribution >= 0.6 is 0 Å². The molecule has 2 saturated heterocycles. The van der Waals surface area contributed by atoms with Crippen molar-refractivity contribution >= 4 is 39.1 Å². The Morgan fingerprint density at radius 2 is 1.62 bits per heavy atom. The fraction of sp³-hybridized carbons (Fsp3) is 0.452. The fourth-order valence-corrected chi connectivity index (χ4v) is 7.77. The fourth-order valence-electron chi connectivity index (χ4n) is 6.26. The number of hydrogen-bond acceptors (Lipinski definition) is 7. The number of sulfonamides is 1. The van der Waals surface area contributed by atoms with Gasteiger partial charge in [-0.05, 0) is 76.7 Å². The standard InChI is InChI=1S/C31H38N4O6S/c1-4-5-20-34-25-12-7-6-11-24(25)31(30(34)39)26(28(37)29(38)35(31)21-10-17-32(2)3)27(36)22-13-15-23(16-14-22)42(40,41)33-18-8-9-19-33/h6-7,11-16,36H,4-5,8-10,17-21H2,1-3H3/b27-26+. The quantitative estimate of drug-likeness (QED) is 0.255. The van der Waals surface area contributed by atoms with Gasteiger partial charge in [0.2, 0.25) is 10.0 Å². The predicted octanol–water partition coefficient (Wildman–Crippen LogP) is 3.15. The zero-order valence-corrected chi connectivity index (χ0v) is 25.2. The maximum absolute atomic E-state index is 14.5. The lowest BCUT2D eigenvalue weighted by molar-refractivity contribution is -0.143. The van der Waals surface area contributed by atoms with Crippen molar-refractivity contribution in [3.8, 4) is 0 Å². The van der Waals surface area contributed by atoms with E-state index in [1.165, 1.54) is 33.5 Å². The number of benzene rings is 2. The van der Waals surface area contributed by atoms with Crippen LogP contribution < -0.4 is 4.90 Å². The lowest BCUT2D eigenvalue weighted by Gasteiger charge is -2.35. The first-order chi connectivity index (χ1) is 20.1. The van der Waals surface area contributed by atoms with E-state index >= 15 is 0 Å². The van der Waals surface area contributed by atoms with Crippen LogP contribution in [0.2, 0.25) is 0 Å². The molecule has 2 aromatic rings. The SMILES string of the molecule is CCCCN1C(=O)C2(/C(=C(/O)c3ccc(S(=O)(=O)N4CCCC4)cc3)C(=O)C(=O)N2CCCN(C)C)c2ccccc21. The molecule has 3 aliphatic heterocycles. The molecule has 1 spiro atoms. The van der Waals surface area contributed by atoms with E-state index in [0.29, 0.717) is 43.9 Å². The van der Waals surface area contributed by atoms with Crippen molar-refractivity contribution in [2.24, 2.45) is 0 Å². The van der Waals surface area contributed by atoms with Crippen LogP contribution in [-0.4, -0.2) is 92.0 Å². The number of rotatable bonds is 10. The van der Waals surface area contributed by atoms with Gasteiger partial charge in [-0.15, -0.1) is 0 Å². The van der Waals surface area contributed by atoms with Crippen molar-refractivity contribution in [2.75, 3.05) is 51.7 Å². The molecular weight excluding hydrogens is 556 g/mol. The predicted molar refractivity (Wildman–Crippen MR) is 159 cm³/mol. The summed E-state index contributed by atoms with van der Waals surface area (Å²) in [5, 5.41) is 11.7. The molecule has 5 rings (SSSR count). The molecule has 224 valence electrons. The minimum atomic E-state index is -3.69. The van der Waals surface area contributed by atoms with E-state index in [9.17, 15) is 27.9 Å². The molecule has 3 aliphatic rings. The topological polar surface area (TPSA) is 119 Å². The largest absolute Gasteiger partial charge is 0.507 e. The average molecular weight is 595 g/mol. The molecule has 1 unspecified atom stereocenters. The van der Waals surface area contributed by atoms with Crippen LogP contribution in [0.25, 0.3) is 5.76 Å². The highest BCUT2D eigenvalue weighted by Crippen LogP contribution is 2.53. The van der Waals surface area contributed by atoms with Gasteiger partial charge in [0.25, 0.3) is 17.6 Å². The summed E-state index contributed by atoms with van der Waals surface area (Å²) in [7, 11) is 0.114. The van der Waals surface area contributed by atoms with Crippen LogP contribution in [0.4, 0.5) is 5.69 Å². The van der Waals surface area contributed by atoms with E-state index in [2.05, 4.69) is 0 Å². The molecular formula is C31H38N4O6S. The third-order valence-corrected chi connectivity index (χ3v) is 10.3. The van der Waals surface area contributed by atoms with Crippen LogP contribution in [0.5, 0.6) is 0 Å². The number of carbonyl (C=O) groups excluding carboxylic acids is 3. The van der Waals surface area contributed by atoms with Gasteiger partial charge in [-0.1, -0.05) is 31.5 Å². The van der Waals surface area contributed by atoms with Crippen LogP contribution in [0.3, 0.4) is 0 Å². The summed E-state index contributed by atoms with van der Waals surface area (Å²) < 4.78 is 27.5.